The first kappa shape index (κ1) is 16.1. The molecule has 2 saturated heterocycles. The Balaban J connectivity index is 1.64. The molecule has 2 fully saturated rings. The van der Waals surface area contributed by atoms with Crippen LogP contribution in [0.25, 0.3) is 0 Å². The quantitative estimate of drug-likeness (QED) is 0.617. The van der Waals surface area contributed by atoms with Crippen molar-refractivity contribution in [1.29, 1.82) is 0 Å². The van der Waals surface area contributed by atoms with Crippen LogP contribution in [0.2, 0.25) is 0 Å². The second-order valence-electron chi connectivity index (χ2n) is 7.01. The molecule has 2 bridgehead atoms. The molecule has 0 radical (unpaired) electrons. The maximum Gasteiger partial charge on any atom is 0.313 e. The monoisotopic (exact) mass is 343 g/mol. The summed E-state index contributed by atoms with van der Waals surface area (Å²) in [5.41, 5.74) is 0.0357. The summed E-state index contributed by atoms with van der Waals surface area (Å²) < 4.78 is 16.6. The van der Waals surface area contributed by atoms with E-state index in [4.69, 9.17) is 14.2 Å². The lowest BCUT2D eigenvalue weighted by molar-refractivity contribution is -0.156. The first-order valence-electron chi connectivity index (χ1n) is 8.48. The van der Waals surface area contributed by atoms with E-state index in [1.165, 1.54) is 0 Å². The highest BCUT2D eigenvalue weighted by atomic mass is 16.6. The van der Waals surface area contributed by atoms with Gasteiger partial charge in [0.25, 0.3) is 0 Å². The number of amides is 1. The highest BCUT2D eigenvalue weighted by molar-refractivity contribution is 6.02. The normalized spacial score (nSPS) is 32.4. The van der Waals surface area contributed by atoms with E-state index in [2.05, 4.69) is 0 Å². The van der Waals surface area contributed by atoms with Crippen LogP contribution in [0.3, 0.4) is 0 Å². The molecule has 3 aliphatic heterocycles. The van der Waals surface area contributed by atoms with E-state index >= 15 is 0 Å². The first-order valence-corrected chi connectivity index (χ1v) is 8.48. The van der Waals surface area contributed by atoms with E-state index in [1.807, 2.05) is 36.4 Å². The predicted octanol–water partition coefficient (Wildman–Crippen LogP) is 1.93. The van der Waals surface area contributed by atoms with Gasteiger partial charge in [-0.15, -0.1) is 0 Å². The molecular weight excluding hydrogens is 322 g/mol. The van der Waals surface area contributed by atoms with Crippen LogP contribution in [0.15, 0.2) is 36.4 Å². The lowest BCUT2D eigenvalue weighted by Gasteiger charge is -2.23. The molecule has 132 valence electrons. The smallest absolute Gasteiger partial charge is 0.313 e. The Kier molecular flexibility index (Phi) is 3.61. The second kappa shape index (κ2) is 5.59. The number of fused-ring (bicyclic) bond motifs is 1. The number of nitrogens with zero attached hydrogens (tertiary/aromatic N) is 1. The Bertz CT molecular complexity index is 741. The van der Waals surface area contributed by atoms with Crippen molar-refractivity contribution in [1.82, 2.24) is 0 Å². The fourth-order valence-corrected chi connectivity index (χ4v) is 4.06. The third-order valence-corrected chi connectivity index (χ3v) is 5.11. The lowest BCUT2D eigenvalue weighted by atomic mass is 9.77. The SMILES string of the molecule is COc1ccc(N2C[C@@]34C=C[C@H](O3)C(C(=O)OC(C)C)[C@H]4C2=O)cc1. The fraction of sp³-hybridized carbons (Fsp3) is 0.474. The number of carbonyl (C=O) groups excluding carboxylic acids is 2. The van der Waals surface area contributed by atoms with Crippen LogP contribution >= 0.6 is 0 Å². The molecule has 0 aliphatic carbocycles. The molecular formula is C19H21NO5. The molecule has 1 spiro atoms. The minimum Gasteiger partial charge on any atom is -0.497 e. The summed E-state index contributed by atoms with van der Waals surface area (Å²) in [5.74, 6) is -0.841. The second-order valence-corrected chi connectivity index (χ2v) is 7.01. The van der Waals surface area contributed by atoms with Crippen molar-refractivity contribution in [3.05, 3.63) is 36.4 Å². The first-order chi connectivity index (χ1) is 11.9. The number of hydrogen-bond acceptors (Lipinski definition) is 5. The largest absolute Gasteiger partial charge is 0.497 e. The highest BCUT2D eigenvalue weighted by Gasteiger charge is 2.67. The molecule has 1 aromatic rings. The third-order valence-electron chi connectivity index (χ3n) is 5.11. The number of anilines is 1. The molecule has 0 N–H and O–H groups in total. The van der Waals surface area contributed by atoms with Crippen molar-refractivity contribution in [3.63, 3.8) is 0 Å². The van der Waals surface area contributed by atoms with Crippen molar-refractivity contribution >= 4 is 17.6 Å². The van der Waals surface area contributed by atoms with E-state index in [0.717, 1.165) is 11.4 Å². The predicted molar refractivity (Wildman–Crippen MR) is 90.3 cm³/mol. The van der Waals surface area contributed by atoms with Crippen molar-refractivity contribution in [2.75, 3.05) is 18.6 Å². The van der Waals surface area contributed by atoms with Crippen molar-refractivity contribution in [2.24, 2.45) is 11.8 Å². The van der Waals surface area contributed by atoms with Crippen LogP contribution < -0.4 is 9.64 Å². The summed E-state index contributed by atoms with van der Waals surface area (Å²) in [7, 11) is 1.60. The topological polar surface area (TPSA) is 65.1 Å². The van der Waals surface area contributed by atoms with Crippen LogP contribution in [0.4, 0.5) is 5.69 Å². The molecule has 0 aromatic heterocycles. The number of esters is 1. The van der Waals surface area contributed by atoms with Crippen LogP contribution in [-0.4, -0.2) is 43.3 Å². The van der Waals surface area contributed by atoms with E-state index < -0.39 is 17.4 Å². The van der Waals surface area contributed by atoms with Gasteiger partial charge in [0.15, 0.2) is 0 Å². The maximum absolute atomic E-state index is 13.1. The average molecular weight is 343 g/mol. The van der Waals surface area contributed by atoms with Crippen LogP contribution in [-0.2, 0) is 19.1 Å². The van der Waals surface area contributed by atoms with E-state index in [0.29, 0.717) is 6.54 Å². The zero-order valence-electron chi connectivity index (χ0n) is 14.5. The van der Waals surface area contributed by atoms with E-state index in [-0.39, 0.29) is 24.1 Å². The van der Waals surface area contributed by atoms with Gasteiger partial charge in [-0.3, -0.25) is 9.59 Å². The third kappa shape index (κ3) is 2.35. The Morgan fingerprint density at radius 3 is 2.68 bits per heavy atom. The number of benzene rings is 1. The summed E-state index contributed by atoms with van der Waals surface area (Å²) in [4.78, 5) is 27.3. The molecule has 3 heterocycles. The van der Waals surface area contributed by atoms with Gasteiger partial charge >= 0.3 is 5.97 Å². The molecule has 3 aliphatic rings. The number of methoxy groups -OCH3 is 1. The van der Waals surface area contributed by atoms with Crippen molar-refractivity contribution in [2.45, 2.75) is 31.7 Å². The standard InChI is InChI=1S/C19H21NO5/c1-11(2)24-18(22)15-14-8-9-19(25-14)10-20(17(21)16(15)19)12-4-6-13(23-3)7-5-12/h4-9,11,14-16H,10H2,1-3H3/t14-,15?,16-,19+/m0/s1. The summed E-state index contributed by atoms with van der Waals surface area (Å²) in [6.07, 6.45) is 3.22. The maximum atomic E-state index is 13.1. The van der Waals surface area contributed by atoms with Gasteiger partial charge in [0, 0.05) is 5.69 Å². The fourth-order valence-electron chi connectivity index (χ4n) is 4.06. The summed E-state index contributed by atoms with van der Waals surface area (Å²) in [6.45, 7) is 4.01. The molecule has 0 saturated carbocycles. The Morgan fingerprint density at radius 2 is 2.04 bits per heavy atom. The summed E-state index contributed by atoms with van der Waals surface area (Å²) in [6, 6.07) is 7.30. The van der Waals surface area contributed by atoms with E-state index in [9.17, 15) is 9.59 Å². The number of rotatable bonds is 4. The zero-order chi connectivity index (χ0) is 17.8. The molecule has 6 heteroatoms. The molecule has 25 heavy (non-hydrogen) atoms. The summed E-state index contributed by atoms with van der Waals surface area (Å²) >= 11 is 0. The minimum atomic E-state index is -0.734. The highest BCUT2D eigenvalue weighted by Crippen LogP contribution is 2.53. The Hall–Kier alpha value is -2.34. The molecule has 6 nitrogen and oxygen atoms in total. The van der Waals surface area contributed by atoms with Gasteiger partial charge in [0.05, 0.1) is 31.8 Å². The van der Waals surface area contributed by atoms with Crippen LogP contribution in [0.5, 0.6) is 5.75 Å². The average Bonchev–Trinajstić information content (AvgIpc) is 3.22. The molecule has 4 rings (SSSR count). The van der Waals surface area contributed by atoms with Gasteiger partial charge in [-0.2, -0.15) is 0 Å². The lowest BCUT2D eigenvalue weighted by Crippen LogP contribution is -2.40. The number of hydrogen-bond donors (Lipinski definition) is 0. The Labute approximate surface area is 146 Å². The van der Waals surface area contributed by atoms with Gasteiger partial charge in [-0.1, -0.05) is 12.2 Å². The molecule has 1 aromatic carbocycles. The van der Waals surface area contributed by atoms with Crippen LogP contribution in [0, 0.1) is 11.8 Å². The van der Waals surface area contributed by atoms with Gasteiger partial charge in [0.2, 0.25) is 5.91 Å². The van der Waals surface area contributed by atoms with Gasteiger partial charge < -0.3 is 19.1 Å². The van der Waals surface area contributed by atoms with Crippen molar-refractivity contribution in [3.8, 4) is 5.75 Å². The molecule has 1 unspecified atom stereocenters. The number of carbonyl (C=O) groups is 2. The number of ether oxygens (including phenoxy) is 3. The Morgan fingerprint density at radius 1 is 1.32 bits per heavy atom. The van der Waals surface area contributed by atoms with Gasteiger partial charge in [-0.05, 0) is 38.1 Å². The van der Waals surface area contributed by atoms with E-state index in [1.54, 1.807) is 25.9 Å². The van der Waals surface area contributed by atoms with Gasteiger partial charge in [-0.25, -0.2) is 0 Å². The van der Waals surface area contributed by atoms with Crippen molar-refractivity contribution < 1.29 is 23.8 Å². The minimum absolute atomic E-state index is 0.0947. The molecule has 4 atom stereocenters. The summed E-state index contributed by atoms with van der Waals surface area (Å²) in [5, 5.41) is 0. The molecule has 1 amide bonds. The zero-order valence-corrected chi connectivity index (χ0v) is 14.5. The van der Waals surface area contributed by atoms with Crippen LogP contribution in [0.1, 0.15) is 13.8 Å². The van der Waals surface area contributed by atoms with Gasteiger partial charge in [0.1, 0.15) is 17.3 Å².